The smallest absolute Gasteiger partial charge is 0.123 e. The van der Waals surface area contributed by atoms with E-state index in [2.05, 4.69) is 26.2 Å². The maximum Gasteiger partial charge on any atom is 0.123 e. The molecule has 0 saturated carbocycles. The van der Waals surface area contributed by atoms with Gasteiger partial charge in [-0.05, 0) is 29.8 Å². The molecule has 3 aromatic rings. The van der Waals surface area contributed by atoms with Crippen LogP contribution in [-0.2, 0) is 13.1 Å². The highest BCUT2D eigenvalue weighted by Gasteiger charge is 2.09. The predicted octanol–water partition coefficient (Wildman–Crippen LogP) is 5.01. The Morgan fingerprint density at radius 1 is 1.14 bits per heavy atom. The minimum absolute atomic E-state index is 0.237. The molecule has 0 aliphatic heterocycles. The monoisotopic (exact) mass is 366 g/mol. The van der Waals surface area contributed by atoms with Crippen LogP contribution in [-0.4, -0.2) is 4.98 Å². The van der Waals surface area contributed by atoms with Crippen LogP contribution in [0.2, 0.25) is 5.02 Å². The molecule has 1 heterocycles. The van der Waals surface area contributed by atoms with Crippen LogP contribution in [0.1, 0.15) is 11.3 Å². The van der Waals surface area contributed by atoms with Gasteiger partial charge in [-0.25, -0.2) is 4.39 Å². The molecule has 5 heteroatoms. The zero-order valence-electron chi connectivity index (χ0n) is 11.1. The zero-order chi connectivity index (χ0) is 14.8. The SMILES string of the molecule is Fc1ccc(Br)c(CNCc2[nH]c3ccccc3c2Cl)c1. The number of H-pyrrole nitrogens is 1. The maximum atomic E-state index is 13.2. The van der Waals surface area contributed by atoms with Crippen LogP contribution >= 0.6 is 27.5 Å². The molecule has 0 spiro atoms. The normalized spacial score (nSPS) is 11.2. The van der Waals surface area contributed by atoms with E-state index >= 15 is 0 Å². The van der Waals surface area contributed by atoms with E-state index in [1.165, 1.54) is 12.1 Å². The van der Waals surface area contributed by atoms with Gasteiger partial charge >= 0.3 is 0 Å². The van der Waals surface area contributed by atoms with Gasteiger partial charge in [0, 0.05) is 34.2 Å². The van der Waals surface area contributed by atoms with Gasteiger partial charge in [-0.3, -0.25) is 0 Å². The Kier molecular flexibility index (Phi) is 4.29. The minimum Gasteiger partial charge on any atom is -0.356 e. The van der Waals surface area contributed by atoms with E-state index in [1.807, 2.05) is 24.3 Å². The van der Waals surface area contributed by atoms with Gasteiger partial charge < -0.3 is 10.3 Å². The third-order valence-corrected chi connectivity index (χ3v) is 4.54. The lowest BCUT2D eigenvalue weighted by molar-refractivity contribution is 0.618. The molecule has 1 aromatic heterocycles. The van der Waals surface area contributed by atoms with E-state index in [0.29, 0.717) is 13.1 Å². The molecule has 2 N–H and O–H groups in total. The fourth-order valence-electron chi connectivity index (χ4n) is 2.29. The van der Waals surface area contributed by atoms with Crippen molar-refractivity contribution in [3.8, 4) is 0 Å². The zero-order valence-corrected chi connectivity index (χ0v) is 13.4. The van der Waals surface area contributed by atoms with Crippen molar-refractivity contribution in [3.05, 3.63) is 69.0 Å². The first-order valence-electron chi connectivity index (χ1n) is 6.55. The number of rotatable bonds is 4. The Balaban J connectivity index is 1.72. The molecule has 0 unspecified atom stereocenters. The number of halogens is 3. The largest absolute Gasteiger partial charge is 0.356 e. The second-order valence-electron chi connectivity index (χ2n) is 4.80. The Morgan fingerprint density at radius 2 is 1.95 bits per heavy atom. The summed E-state index contributed by atoms with van der Waals surface area (Å²) in [6.45, 7) is 1.15. The van der Waals surface area contributed by atoms with Gasteiger partial charge in [-0.1, -0.05) is 45.7 Å². The lowest BCUT2D eigenvalue weighted by Crippen LogP contribution is -2.13. The summed E-state index contributed by atoms with van der Waals surface area (Å²) in [5.41, 5.74) is 2.83. The van der Waals surface area contributed by atoms with Crippen molar-refractivity contribution >= 4 is 38.4 Å². The second kappa shape index (κ2) is 6.18. The molecule has 0 radical (unpaired) electrons. The summed E-state index contributed by atoms with van der Waals surface area (Å²) < 4.78 is 14.1. The Bertz CT molecular complexity index is 785. The Labute approximate surface area is 135 Å². The molecule has 0 saturated heterocycles. The topological polar surface area (TPSA) is 27.8 Å². The quantitative estimate of drug-likeness (QED) is 0.666. The molecule has 0 aliphatic carbocycles. The second-order valence-corrected chi connectivity index (χ2v) is 6.03. The minimum atomic E-state index is -0.237. The first-order valence-corrected chi connectivity index (χ1v) is 7.72. The van der Waals surface area contributed by atoms with E-state index < -0.39 is 0 Å². The fraction of sp³-hybridized carbons (Fsp3) is 0.125. The molecule has 2 nitrogen and oxygen atoms in total. The van der Waals surface area contributed by atoms with Crippen LogP contribution in [0, 0.1) is 5.82 Å². The predicted molar refractivity (Wildman–Crippen MR) is 88.0 cm³/mol. The van der Waals surface area contributed by atoms with Crippen LogP contribution in [0.5, 0.6) is 0 Å². The van der Waals surface area contributed by atoms with Gasteiger partial charge in [0.15, 0.2) is 0 Å². The number of hydrogen-bond donors (Lipinski definition) is 2. The van der Waals surface area contributed by atoms with Crippen LogP contribution in [0.25, 0.3) is 10.9 Å². The summed E-state index contributed by atoms with van der Waals surface area (Å²) >= 11 is 9.77. The maximum absolute atomic E-state index is 13.2. The summed E-state index contributed by atoms with van der Waals surface area (Å²) in [7, 11) is 0. The molecule has 0 atom stereocenters. The summed E-state index contributed by atoms with van der Waals surface area (Å²) in [5.74, 6) is -0.237. The highest BCUT2D eigenvalue weighted by atomic mass is 79.9. The van der Waals surface area contributed by atoms with E-state index in [9.17, 15) is 4.39 Å². The summed E-state index contributed by atoms with van der Waals surface area (Å²) in [6, 6.07) is 12.6. The molecule has 0 amide bonds. The van der Waals surface area contributed by atoms with Crippen LogP contribution in [0.15, 0.2) is 46.9 Å². The third kappa shape index (κ3) is 3.12. The number of para-hydroxylation sites is 1. The summed E-state index contributed by atoms with van der Waals surface area (Å²) in [6.07, 6.45) is 0. The number of fused-ring (bicyclic) bond motifs is 1. The molecule has 108 valence electrons. The average molecular weight is 368 g/mol. The van der Waals surface area contributed by atoms with Gasteiger partial charge in [-0.15, -0.1) is 0 Å². The number of hydrogen-bond acceptors (Lipinski definition) is 1. The number of nitrogens with one attached hydrogen (secondary N) is 2. The van der Waals surface area contributed by atoms with E-state index in [0.717, 1.165) is 31.7 Å². The van der Waals surface area contributed by atoms with Gasteiger partial charge in [0.2, 0.25) is 0 Å². The number of aromatic nitrogens is 1. The molecule has 21 heavy (non-hydrogen) atoms. The van der Waals surface area contributed by atoms with Crippen molar-refractivity contribution in [3.63, 3.8) is 0 Å². The molecule has 0 fully saturated rings. The lowest BCUT2D eigenvalue weighted by Gasteiger charge is -2.06. The fourth-order valence-corrected chi connectivity index (χ4v) is 2.95. The standard InChI is InChI=1S/C16H13BrClFN2/c17-13-6-5-11(19)7-10(13)8-20-9-15-16(18)12-3-1-2-4-14(12)21-15/h1-7,20-21H,8-9H2. The van der Waals surface area contributed by atoms with Gasteiger partial charge in [-0.2, -0.15) is 0 Å². The summed E-state index contributed by atoms with van der Waals surface area (Å²) in [4.78, 5) is 3.30. The van der Waals surface area contributed by atoms with Crippen molar-refractivity contribution in [2.45, 2.75) is 13.1 Å². The van der Waals surface area contributed by atoms with Gasteiger partial charge in [0.05, 0.1) is 5.02 Å². The third-order valence-electron chi connectivity index (χ3n) is 3.34. The van der Waals surface area contributed by atoms with Crippen molar-refractivity contribution in [2.75, 3.05) is 0 Å². The number of benzene rings is 2. The van der Waals surface area contributed by atoms with Crippen molar-refractivity contribution in [1.29, 1.82) is 0 Å². The first kappa shape index (κ1) is 14.6. The molecule has 0 bridgehead atoms. The van der Waals surface area contributed by atoms with Crippen LogP contribution in [0.4, 0.5) is 4.39 Å². The summed E-state index contributed by atoms with van der Waals surface area (Å²) in [5, 5.41) is 5.02. The molecular formula is C16H13BrClFN2. The van der Waals surface area contributed by atoms with E-state index in [-0.39, 0.29) is 5.82 Å². The van der Waals surface area contributed by atoms with Crippen LogP contribution in [0.3, 0.4) is 0 Å². The number of aromatic amines is 1. The Morgan fingerprint density at radius 3 is 2.76 bits per heavy atom. The molecule has 3 rings (SSSR count). The van der Waals surface area contributed by atoms with Crippen molar-refractivity contribution in [1.82, 2.24) is 10.3 Å². The molecular weight excluding hydrogens is 355 g/mol. The van der Waals surface area contributed by atoms with Gasteiger partial charge in [0.1, 0.15) is 5.82 Å². The average Bonchev–Trinajstić information content (AvgIpc) is 2.80. The first-order chi connectivity index (χ1) is 10.1. The molecule has 0 aliphatic rings. The van der Waals surface area contributed by atoms with Crippen LogP contribution < -0.4 is 5.32 Å². The van der Waals surface area contributed by atoms with E-state index in [1.54, 1.807) is 6.07 Å². The lowest BCUT2D eigenvalue weighted by atomic mass is 10.2. The highest BCUT2D eigenvalue weighted by Crippen LogP contribution is 2.27. The van der Waals surface area contributed by atoms with Crippen molar-refractivity contribution in [2.24, 2.45) is 0 Å². The Hall–Kier alpha value is -1.36. The highest BCUT2D eigenvalue weighted by molar-refractivity contribution is 9.10. The van der Waals surface area contributed by atoms with Crippen molar-refractivity contribution < 1.29 is 4.39 Å². The van der Waals surface area contributed by atoms with Gasteiger partial charge in [0.25, 0.3) is 0 Å². The molecule has 2 aromatic carbocycles. The van der Waals surface area contributed by atoms with E-state index in [4.69, 9.17) is 11.6 Å².